The molecule has 12 nitrogen and oxygen atoms in total. The minimum Gasteiger partial charge on any atom is -0.475 e. The molecule has 0 radical (unpaired) electrons. The summed E-state index contributed by atoms with van der Waals surface area (Å²) in [5.41, 5.74) is 3.80. The van der Waals surface area contributed by atoms with E-state index in [-0.39, 0.29) is 11.5 Å². The lowest BCUT2D eigenvalue weighted by molar-refractivity contribution is -0.192. The van der Waals surface area contributed by atoms with E-state index in [9.17, 15) is 22.8 Å². The van der Waals surface area contributed by atoms with Crippen molar-refractivity contribution >= 4 is 40.2 Å². The predicted octanol–water partition coefficient (Wildman–Crippen LogP) is 3.97. The zero-order valence-electron chi connectivity index (χ0n) is 23.5. The number of alkyl halides is 3. The second-order valence-corrected chi connectivity index (χ2v) is 9.92. The molecule has 15 heteroatoms. The molecule has 1 aliphatic rings. The molecule has 0 unspecified atom stereocenters. The maximum absolute atomic E-state index is 13.1. The number of anilines is 3. The van der Waals surface area contributed by atoms with Gasteiger partial charge < -0.3 is 20.6 Å². The molecule has 3 aromatic heterocycles. The molecule has 226 valence electrons. The summed E-state index contributed by atoms with van der Waals surface area (Å²) < 4.78 is 35.3. The van der Waals surface area contributed by atoms with Crippen molar-refractivity contribution in [3.05, 3.63) is 77.0 Å². The lowest BCUT2D eigenvalue weighted by atomic mass is 10.2. The van der Waals surface area contributed by atoms with Gasteiger partial charge in [0.05, 0.1) is 23.1 Å². The first kappa shape index (κ1) is 30.9. The van der Waals surface area contributed by atoms with Crippen molar-refractivity contribution in [2.45, 2.75) is 32.5 Å². The summed E-state index contributed by atoms with van der Waals surface area (Å²) in [6.07, 6.45) is 0.870. The molecule has 1 aliphatic heterocycles. The largest absolute Gasteiger partial charge is 0.490 e. The van der Waals surface area contributed by atoms with Crippen molar-refractivity contribution in [3.63, 3.8) is 0 Å². The third-order valence-corrected chi connectivity index (χ3v) is 6.67. The van der Waals surface area contributed by atoms with Crippen LogP contribution in [0.5, 0.6) is 0 Å². The first-order valence-electron chi connectivity index (χ1n) is 13.0. The molecule has 1 aromatic carbocycles. The second kappa shape index (κ2) is 12.4. The number of carboxylic acids is 1. The molecule has 1 saturated heterocycles. The number of aryl methyl sites for hydroxylation is 2. The third-order valence-electron chi connectivity index (χ3n) is 6.67. The number of carbonyl (C=O) groups is 2. The molecular formula is C28H29F3N8O4. The highest BCUT2D eigenvalue weighted by atomic mass is 19.4. The molecule has 4 heterocycles. The Kier molecular flexibility index (Phi) is 8.94. The standard InChI is InChI=1S/C26H28N8O2.C2HF3O2/c1-5-23(35)28-18-7-6-8-19(12-18)34-24(36)11-16(2)21-13-27-26(30-25(21)34)29-22-15-33(31-17(22)3)20-9-10-32(4)14-20;3-2(4,5)1(6)7/h5-8,11-13,15,20H,1,9-10,14H2,2-4H3,(H,28,35)(H,27,29,30);(H,6,7)/t20-;/m0./s1. The Bertz CT molecular complexity index is 1750. The highest BCUT2D eigenvalue weighted by molar-refractivity contribution is 5.99. The van der Waals surface area contributed by atoms with Crippen LogP contribution in [0.4, 0.5) is 30.5 Å². The molecule has 3 N–H and O–H groups in total. The summed E-state index contributed by atoms with van der Waals surface area (Å²) in [7, 11) is 2.11. The fraction of sp³-hybridized carbons (Fsp3) is 0.286. The summed E-state index contributed by atoms with van der Waals surface area (Å²) in [6.45, 7) is 9.30. The van der Waals surface area contributed by atoms with Gasteiger partial charge in [0, 0.05) is 36.1 Å². The summed E-state index contributed by atoms with van der Waals surface area (Å²) in [6, 6.07) is 8.92. The monoisotopic (exact) mass is 598 g/mol. The van der Waals surface area contributed by atoms with Gasteiger partial charge in [-0.2, -0.15) is 23.3 Å². The van der Waals surface area contributed by atoms with E-state index >= 15 is 0 Å². The lowest BCUT2D eigenvalue weighted by Crippen LogP contribution is -2.21. The first-order chi connectivity index (χ1) is 20.3. The molecule has 1 atom stereocenters. The number of hydrogen-bond donors (Lipinski definition) is 3. The molecule has 1 amide bonds. The molecular weight excluding hydrogens is 569 g/mol. The number of likely N-dealkylation sites (tertiary alicyclic amines) is 1. The Balaban J connectivity index is 0.000000541. The number of likely N-dealkylation sites (N-methyl/N-ethyl adjacent to an activating group) is 1. The molecule has 43 heavy (non-hydrogen) atoms. The number of amides is 1. The van der Waals surface area contributed by atoms with Gasteiger partial charge in [-0.1, -0.05) is 12.6 Å². The van der Waals surface area contributed by atoms with Gasteiger partial charge in [0.15, 0.2) is 5.65 Å². The van der Waals surface area contributed by atoms with Crippen molar-refractivity contribution in [2.75, 3.05) is 30.8 Å². The first-order valence-corrected chi connectivity index (χ1v) is 13.0. The number of nitrogens with zero attached hydrogens (tertiary/aromatic N) is 6. The quantitative estimate of drug-likeness (QED) is 0.281. The lowest BCUT2D eigenvalue weighted by Gasteiger charge is -2.13. The summed E-state index contributed by atoms with van der Waals surface area (Å²) in [5.74, 6) is -2.72. The Hall–Kier alpha value is -5.05. The molecule has 0 saturated carbocycles. The van der Waals surface area contributed by atoms with Crippen LogP contribution in [-0.4, -0.2) is 72.5 Å². The Labute approximate surface area is 243 Å². The molecule has 0 aliphatic carbocycles. The maximum Gasteiger partial charge on any atom is 0.490 e. The summed E-state index contributed by atoms with van der Waals surface area (Å²) in [4.78, 5) is 45.3. The number of carboxylic acid groups (broad SMARTS) is 1. The summed E-state index contributed by atoms with van der Waals surface area (Å²) >= 11 is 0. The predicted molar refractivity (Wildman–Crippen MR) is 154 cm³/mol. The SMILES string of the molecule is C=CC(=O)Nc1cccc(-n2c(=O)cc(C)c3cnc(Nc4cn([C@H]5CCN(C)C5)nc4C)nc32)c1.O=C(O)C(F)(F)F. The Morgan fingerprint density at radius 1 is 1.21 bits per heavy atom. The van der Waals surface area contributed by atoms with E-state index in [1.165, 1.54) is 10.6 Å². The Morgan fingerprint density at radius 3 is 2.56 bits per heavy atom. The van der Waals surface area contributed by atoms with Gasteiger partial charge in [-0.15, -0.1) is 0 Å². The maximum atomic E-state index is 13.1. The number of carbonyl (C=O) groups excluding carboxylic acids is 1. The third kappa shape index (κ3) is 7.24. The fourth-order valence-corrected chi connectivity index (χ4v) is 4.52. The van der Waals surface area contributed by atoms with E-state index in [0.29, 0.717) is 29.0 Å². The van der Waals surface area contributed by atoms with Crippen LogP contribution >= 0.6 is 0 Å². The zero-order valence-corrected chi connectivity index (χ0v) is 23.5. The molecule has 0 spiro atoms. The van der Waals surface area contributed by atoms with Crippen LogP contribution in [0.2, 0.25) is 0 Å². The minimum absolute atomic E-state index is 0.230. The van der Waals surface area contributed by atoms with E-state index in [1.807, 2.05) is 24.7 Å². The molecule has 1 fully saturated rings. The topological polar surface area (TPSA) is 147 Å². The molecule has 4 aromatic rings. The average molecular weight is 599 g/mol. The van der Waals surface area contributed by atoms with Crippen LogP contribution in [0.1, 0.15) is 23.7 Å². The van der Waals surface area contributed by atoms with E-state index in [4.69, 9.17) is 20.0 Å². The van der Waals surface area contributed by atoms with Crippen molar-refractivity contribution in [3.8, 4) is 5.69 Å². The molecule has 5 rings (SSSR count). The van der Waals surface area contributed by atoms with Crippen LogP contribution in [0.15, 0.2) is 60.2 Å². The van der Waals surface area contributed by atoms with Gasteiger partial charge in [-0.25, -0.2) is 9.78 Å². The number of rotatable bonds is 6. The van der Waals surface area contributed by atoms with Gasteiger partial charge in [0.1, 0.15) is 0 Å². The number of nitrogens with one attached hydrogen (secondary N) is 2. The van der Waals surface area contributed by atoms with Gasteiger partial charge in [-0.3, -0.25) is 18.8 Å². The fourth-order valence-electron chi connectivity index (χ4n) is 4.52. The van der Waals surface area contributed by atoms with Gasteiger partial charge in [0.25, 0.3) is 5.56 Å². The number of aliphatic carboxylic acids is 1. The van der Waals surface area contributed by atoms with Crippen molar-refractivity contribution < 1.29 is 27.9 Å². The van der Waals surface area contributed by atoms with E-state index < -0.39 is 12.1 Å². The number of aromatic nitrogens is 5. The zero-order chi connectivity index (χ0) is 31.5. The number of pyridine rings is 1. The van der Waals surface area contributed by atoms with Crippen molar-refractivity contribution in [1.82, 2.24) is 29.2 Å². The van der Waals surface area contributed by atoms with Crippen molar-refractivity contribution in [2.24, 2.45) is 0 Å². The van der Waals surface area contributed by atoms with Gasteiger partial charge >= 0.3 is 12.1 Å². The average Bonchev–Trinajstić information content (AvgIpc) is 3.53. The highest BCUT2D eigenvalue weighted by Crippen LogP contribution is 2.26. The van der Waals surface area contributed by atoms with E-state index in [0.717, 1.165) is 41.8 Å². The normalized spacial score (nSPS) is 15.1. The van der Waals surface area contributed by atoms with Crippen LogP contribution in [-0.2, 0) is 9.59 Å². The number of halogens is 3. The highest BCUT2D eigenvalue weighted by Gasteiger charge is 2.38. The number of fused-ring (bicyclic) bond motifs is 1. The van der Waals surface area contributed by atoms with E-state index in [2.05, 4.69) is 34.1 Å². The van der Waals surface area contributed by atoms with Crippen LogP contribution in [0, 0.1) is 13.8 Å². The van der Waals surface area contributed by atoms with Gasteiger partial charge in [-0.05, 0) is 63.7 Å². The minimum atomic E-state index is -5.08. The van der Waals surface area contributed by atoms with E-state index in [1.54, 1.807) is 36.5 Å². The van der Waals surface area contributed by atoms with Crippen LogP contribution in [0.3, 0.4) is 0 Å². The van der Waals surface area contributed by atoms with Crippen molar-refractivity contribution in [1.29, 1.82) is 0 Å². The number of benzene rings is 1. The van der Waals surface area contributed by atoms with Gasteiger partial charge in [0.2, 0.25) is 11.9 Å². The second-order valence-electron chi connectivity index (χ2n) is 9.92. The number of hydrogen-bond acceptors (Lipinski definition) is 8. The Morgan fingerprint density at radius 2 is 1.93 bits per heavy atom. The molecule has 0 bridgehead atoms. The van der Waals surface area contributed by atoms with Crippen LogP contribution in [0.25, 0.3) is 16.7 Å². The summed E-state index contributed by atoms with van der Waals surface area (Å²) in [5, 5.41) is 18.6. The van der Waals surface area contributed by atoms with Crippen LogP contribution < -0.4 is 16.2 Å². The smallest absolute Gasteiger partial charge is 0.475 e.